The van der Waals surface area contributed by atoms with Crippen molar-refractivity contribution < 1.29 is 9.53 Å². The van der Waals surface area contributed by atoms with E-state index in [-0.39, 0.29) is 5.91 Å². The lowest BCUT2D eigenvalue weighted by molar-refractivity contribution is 0.0954. The maximum atomic E-state index is 12.3. The summed E-state index contributed by atoms with van der Waals surface area (Å²) < 4.78 is 5.75. The number of amides is 1. The molecule has 0 aromatic heterocycles. The van der Waals surface area contributed by atoms with E-state index < -0.39 is 0 Å². The first kappa shape index (κ1) is 18.7. The van der Waals surface area contributed by atoms with E-state index in [1.807, 2.05) is 42.5 Å². The number of carbonyl (C=O) groups excluding carboxylic acids is 1. The Kier molecular flexibility index (Phi) is 6.26. The molecule has 0 saturated heterocycles. The van der Waals surface area contributed by atoms with Gasteiger partial charge in [-0.05, 0) is 59.9 Å². The van der Waals surface area contributed by atoms with Crippen LogP contribution in [-0.2, 0) is 6.42 Å². The molecule has 3 aromatic carbocycles. The second-order valence-electron chi connectivity index (χ2n) is 6.84. The second-order valence-corrected chi connectivity index (χ2v) is 6.84. The minimum absolute atomic E-state index is 0.0694. The summed E-state index contributed by atoms with van der Waals surface area (Å²) in [4.78, 5) is 12.3. The maximum Gasteiger partial charge on any atom is 0.251 e. The van der Waals surface area contributed by atoms with Crippen LogP contribution in [0.1, 0.15) is 41.3 Å². The molecule has 0 aliphatic carbocycles. The summed E-state index contributed by atoms with van der Waals surface area (Å²) in [6, 6.07) is 25.4. The largest absolute Gasteiger partial charge is 0.457 e. The Labute approximate surface area is 161 Å². The highest BCUT2D eigenvalue weighted by Crippen LogP contribution is 2.21. The summed E-state index contributed by atoms with van der Waals surface area (Å²) in [7, 11) is 0. The van der Waals surface area contributed by atoms with Gasteiger partial charge in [0.05, 0.1) is 0 Å². The van der Waals surface area contributed by atoms with Gasteiger partial charge in [-0.3, -0.25) is 4.79 Å². The van der Waals surface area contributed by atoms with Crippen molar-refractivity contribution in [1.29, 1.82) is 0 Å². The predicted molar refractivity (Wildman–Crippen MR) is 110 cm³/mol. The molecular formula is C24H25NO2. The number of hydrogen-bond acceptors (Lipinski definition) is 2. The van der Waals surface area contributed by atoms with Gasteiger partial charge >= 0.3 is 0 Å². The van der Waals surface area contributed by atoms with Crippen LogP contribution in [-0.4, -0.2) is 12.5 Å². The van der Waals surface area contributed by atoms with Gasteiger partial charge in [0.25, 0.3) is 5.91 Å². The molecule has 0 fully saturated rings. The normalized spacial score (nSPS) is 10.6. The van der Waals surface area contributed by atoms with Crippen molar-refractivity contribution in [2.45, 2.75) is 26.2 Å². The fourth-order valence-electron chi connectivity index (χ4n) is 2.79. The molecule has 3 nitrogen and oxygen atoms in total. The number of hydrogen-bond donors (Lipinski definition) is 1. The summed E-state index contributed by atoms with van der Waals surface area (Å²) in [5, 5.41) is 2.97. The maximum absolute atomic E-state index is 12.3. The summed E-state index contributed by atoms with van der Waals surface area (Å²) in [6.07, 6.45) is 0.819. The van der Waals surface area contributed by atoms with Gasteiger partial charge in [-0.25, -0.2) is 0 Å². The van der Waals surface area contributed by atoms with Crippen LogP contribution in [0.4, 0.5) is 0 Å². The second kappa shape index (κ2) is 9.04. The lowest BCUT2D eigenvalue weighted by atomic mass is 10.0. The molecule has 0 aliphatic rings. The minimum Gasteiger partial charge on any atom is -0.457 e. The Hall–Kier alpha value is -3.07. The first-order chi connectivity index (χ1) is 13.1. The molecule has 3 aromatic rings. The summed E-state index contributed by atoms with van der Waals surface area (Å²) in [6.45, 7) is 4.99. The molecule has 3 rings (SSSR count). The third-order valence-corrected chi connectivity index (χ3v) is 4.44. The standard InChI is InChI=1S/C24H25NO2/c1-18(2)20-10-8-19(9-11-20)16-17-25-24(26)21-12-14-23(15-13-21)27-22-6-4-3-5-7-22/h3-15,18H,16-17H2,1-2H3,(H,25,26). The fraction of sp³-hybridized carbons (Fsp3) is 0.208. The molecule has 0 saturated carbocycles. The third-order valence-electron chi connectivity index (χ3n) is 4.44. The quantitative estimate of drug-likeness (QED) is 0.598. The average Bonchev–Trinajstić information content (AvgIpc) is 2.69. The molecule has 0 heterocycles. The van der Waals surface area contributed by atoms with Gasteiger partial charge in [0.2, 0.25) is 0 Å². The van der Waals surface area contributed by atoms with Crippen LogP contribution in [0.5, 0.6) is 11.5 Å². The SMILES string of the molecule is CC(C)c1ccc(CCNC(=O)c2ccc(Oc3ccccc3)cc2)cc1. The smallest absolute Gasteiger partial charge is 0.251 e. The van der Waals surface area contributed by atoms with Crippen molar-refractivity contribution in [1.82, 2.24) is 5.32 Å². The third kappa shape index (κ3) is 5.45. The number of nitrogens with one attached hydrogen (secondary N) is 1. The Morgan fingerprint density at radius 2 is 1.48 bits per heavy atom. The molecule has 3 heteroatoms. The van der Waals surface area contributed by atoms with E-state index in [2.05, 4.69) is 43.4 Å². The summed E-state index contributed by atoms with van der Waals surface area (Å²) in [5.74, 6) is 1.95. The van der Waals surface area contributed by atoms with Gasteiger partial charge in [-0.1, -0.05) is 56.3 Å². The van der Waals surface area contributed by atoms with Crippen LogP contribution in [0.15, 0.2) is 78.9 Å². The van der Waals surface area contributed by atoms with Gasteiger partial charge < -0.3 is 10.1 Å². The first-order valence-corrected chi connectivity index (χ1v) is 9.32. The van der Waals surface area contributed by atoms with Crippen molar-refractivity contribution in [3.63, 3.8) is 0 Å². The molecule has 0 radical (unpaired) electrons. The van der Waals surface area contributed by atoms with Crippen LogP contribution < -0.4 is 10.1 Å². The number of carbonyl (C=O) groups is 1. The van der Waals surface area contributed by atoms with E-state index in [0.717, 1.165) is 12.2 Å². The Balaban J connectivity index is 1.49. The average molecular weight is 359 g/mol. The van der Waals surface area contributed by atoms with Crippen molar-refractivity contribution in [3.8, 4) is 11.5 Å². The Morgan fingerprint density at radius 1 is 0.852 bits per heavy atom. The Bertz CT molecular complexity index is 853. The Morgan fingerprint density at radius 3 is 2.11 bits per heavy atom. The van der Waals surface area contributed by atoms with E-state index >= 15 is 0 Å². The van der Waals surface area contributed by atoms with E-state index in [1.165, 1.54) is 11.1 Å². The monoisotopic (exact) mass is 359 g/mol. The van der Waals surface area contributed by atoms with Gasteiger partial charge in [0, 0.05) is 12.1 Å². The molecule has 0 atom stereocenters. The molecule has 0 aliphatic heterocycles. The zero-order valence-corrected chi connectivity index (χ0v) is 15.8. The van der Waals surface area contributed by atoms with Crippen molar-refractivity contribution in [3.05, 3.63) is 95.6 Å². The lowest BCUT2D eigenvalue weighted by Crippen LogP contribution is -2.25. The molecule has 138 valence electrons. The number of para-hydroxylation sites is 1. The zero-order chi connectivity index (χ0) is 19.1. The van der Waals surface area contributed by atoms with Crippen LogP contribution in [0.25, 0.3) is 0 Å². The molecular weight excluding hydrogens is 334 g/mol. The minimum atomic E-state index is -0.0694. The van der Waals surface area contributed by atoms with E-state index in [9.17, 15) is 4.79 Å². The summed E-state index contributed by atoms with van der Waals surface area (Å²) >= 11 is 0. The van der Waals surface area contributed by atoms with Gasteiger partial charge in [0.15, 0.2) is 0 Å². The predicted octanol–water partition coefficient (Wildman–Crippen LogP) is 5.57. The van der Waals surface area contributed by atoms with Crippen molar-refractivity contribution in [2.75, 3.05) is 6.54 Å². The summed E-state index contributed by atoms with van der Waals surface area (Å²) in [5.41, 5.74) is 3.19. The topological polar surface area (TPSA) is 38.3 Å². The highest BCUT2D eigenvalue weighted by atomic mass is 16.5. The van der Waals surface area contributed by atoms with Crippen LogP contribution in [0.3, 0.4) is 0 Å². The fourth-order valence-corrected chi connectivity index (χ4v) is 2.79. The van der Waals surface area contributed by atoms with Gasteiger partial charge in [0.1, 0.15) is 11.5 Å². The molecule has 27 heavy (non-hydrogen) atoms. The van der Waals surface area contributed by atoms with Crippen LogP contribution >= 0.6 is 0 Å². The molecule has 0 unspecified atom stereocenters. The van der Waals surface area contributed by atoms with Crippen LogP contribution in [0, 0.1) is 0 Å². The first-order valence-electron chi connectivity index (χ1n) is 9.32. The van der Waals surface area contributed by atoms with Crippen molar-refractivity contribution in [2.24, 2.45) is 0 Å². The molecule has 1 N–H and O–H groups in total. The van der Waals surface area contributed by atoms with E-state index in [4.69, 9.17) is 4.74 Å². The molecule has 0 bridgehead atoms. The lowest BCUT2D eigenvalue weighted by Gasteiger charge is -2.09. The number of rotatable bonds is 7. The highest BCUT2D eigenvalue weighted by molar-refractivity contribution is 5.94. The van der Waals surface area contributed by atoms with Crippen LogP contribution in [0.2, 0.25) is 0 Å². The van der Waals surface area contributed by atoms with Crippen molar-refractivity contribution >= 4 is 5.91 Å². The highest BCUT2D eigenvalue weighted by Gasteiger charge is 2.06. The zero-order valence-electron chi connectivity index (χ0n) is 15.8. The van der Waals surface area contributed by atoms with E-state index in [0.29, 0.717) is 23.8 Å². The van der Waals surface area contributed by atoms with Gasteiger partial charge in [-0.15, -0.1) is 0 Å². The van der Waals surface area contributed by atoms with Gasteiger partial charge in [-0.2, -0.15) is 0 Å². The van der Waals surface area contributed by atoms with E-state index in [1.54, 1.807) is 12.1 Å². The number of ether oxygens (including phenoxy) is 1. The molecule has 1 amide bonds. The molecule has 0 spiro atoms. The number of benzene rings is 3.